The average molecular weight is 405 g/mol. The van der Waals surface area contributed by atoms with Gasteiger partial charge < -0.3 is 10.1 Å². The topological polar surface area (TPSA) is 55.4 Å². The predicted octanol–water partition coefficient (Wildman–Crippen LogP) is 5.01. The lowest BCUT2D eigenvalue weighted by atomic mass is 9.98. The predicted molar refractivity (Wildman–Crippen MR) is 107 cm³/mol. The second-order valence-electron chi connectivity index (χ2n) is 6.44. The molecule has 0 bridgehead atoms. The van der Waals surface area contributed by atoms with Crippen LogP contribution in [-0.4, -0.2) is 24.6 Å². The monoisotopic (exact) mass is 405 g/mol. The quantitative estimate of drug-likeness (QED) is 0.542. The van der Waals surface area contributed by atoms with Crippen LogP contribution in [0.3, 0.4) is 0 Å². The van der Waals surface area contributed by atoms with Crippen LogP contribution in [0.1, 0.15) is 46.2 Å². The third-order valence-corrected chi connectivity index (χ3v) is 6.84. The minimum absolute atomic E-state index is 0.168. The van der Waals surface area contributed by atoms with Gasteiger partial charge in [-0.3, -0.25) is 4.79 Å². The van der Waals surface area contributed by atoms with Crippen molar-refractivity contribution in [3.8, 4) is 0 Å². The largest absolute Gasteiger partial charge is 0.465 e. The van der Waals surface area contributed by atoms with Gasteiger partial charge in [0.05, 0.1) is 12.7 Å². The van der Waals surface area contributed by atoms with E-state index in [1.54, 1.807) is 18.2 Å². The molecule has 2 atom stereocenters. The van der Waals surface area contributed by atoms with Gasteiger partial charge in [-0.1, -0.05) is 6.92 Å². The number of esters is 1. The third-order valence-electron chi connectivity index (χ3n) is 4.57. The first-order valence-electron chi connectivity index (χ1n) is 8.82. The molecule has 0 saturated carbocycles. The lowest BCUT2D eigenvalue weighted by Gasteiger charge is -2.29. The number of ketones is 1. The fourth-order valence-electron chi connectivity index (χ4n) is 3.28. The molecule has 0 amide bonds. The molecule has 2 unspecified atom stereocenters. The second kappa shape index (κ2) is 8.14. The Morgan fingerprint density at radius 2 is 1.86 bits per heavy atom. The zero-order valence-electron chi connectivity index (χ0n) is 15.8. The Labute approximate surface area is 164 Å². The first-order chi connectivity index (χ1) is 13.3. The Morgan fingerprint density at radius 1 is 1.18 bits per heavy atom. The number of carbonyl (C=O) groups is 2. The van der Waals surface area contributed by atoms with Crippen molar-refractivity contribution in [2.45, 2.75) is 24.8 Å². The molecular formula is C21H21F2NO3S. The highest BCUT2D eigenvalue weighted by Crippen LogP contribution is 2.47. The number of hydrogen-bond donors (Lipinski definition) is 2. The van der Waals surface area contributed by atoms with Crippen LogP contribution in [0.15, 0.2) is 46.7 Å². The van der Waals surface area contributed by atoms with E-state index in [4.69, 9.17) is 4.74 Å². The SMILES string of the molecule is CC[SH]1C=CC(=O)c2cc(C(=O)OC)cc(C(C)Nc3cc(F)cc(F)c3)c21. The molecule has 0 spiro atoms. The lowest BCUT2D eigenvalue weighted by Crippen LogP contribution is -2.16. The van der Waals surface area contributed by atoms with Crippen molar-refractivity contribution in [1.82, 2.24) is 0 Å². The number of hydrogen-bond acceptors (Lipinski definition) is 4. The van der Waals surface area contributed by atoms with E-state index < -0.39 is 34.5 Å². The maximum absolute atomic E-state index is 13.5. The summed E-state index contributed by atoms with van der Waals surface area (Å²) in [5.41, 5.74) is 1.77. The molecule has 0 saturated heterocycles. The molecule has 2 aromatic rings. The van der Waals surface area contributed by atoms with Gasteiger partial charge in [0.1, 0.15) is 11.6 Å². The molecule has 0 radical (unpaired) electrons. The minimum atomic E-state index is -0.730. The summed E-state index contributed by atoms with van der Waals surface area (Å²) in [5.74, 6) is -1.25. The van der Waals surface area contributed by atoms with E-state index in [0.29, 0.717) is 5.56 Å². The maximum Gasteiger partial charge on any atom is 0.337 e. The van der Waals surface area contributed by atoms with Gasteiger partial charge in [0.15, 0.2) is 5.78 Å². The molecule has 3 rings (SSSR count). The number of fused-ring (bicyclic) bond motifs is 1. The number of allylic oxidation sites excluding steroid dienone is 1. The van der Waals surface area contributed by atoms with E-state index in [9.17, 15) is 18.4 Å². The van der Waals surface area contributed by atoms with E-state index in [-0.39, 0.29) is 17.0 Å². The van der Waals surface area contributed by atoms with Gasteiger partial charge in [-0.15, -0.1) is 0 Å². The second-order valence-corrected chi connectivity index (χ2v) is 8.76. The van der Waals surface area contributed by atoms with Crippen LogP contribution in [0, 0.1) is 11.6 Å². The van der Waals surface area contributed by atoms with Crippen molar-refractivity contribution < 1.29 is 23.1 Å². The van der Waals surface area contributed by atoms with Crippen LogP contribution >= 0.6 is 10.9 Å². The van der Waals surface area contributed by atoms with Crippen LogP contribution < -0.4 is 5.32 Å². The fraction of sp³-hybridized carbons (Fsp3) is 0.238. The number of rotatable bonds is 5. The number of benzene rings is 2. The molecule has 1 aliphatic rings. The van der Waals surface area contributed by atoms with Gasteiger partial charge in [-0.25, -0.2) is 24.5 Å². The maximum atomic E-state index is 13.5. The van der Waals surface area contributed by atoms with Crippen molar-refractivity contribution in [2.75, 3.05) is 18.2 Å². The highest BCUT2D eigenvalue weighted by atomic mass is 32.2. The first-order valence-corrected chi connectivity index (χ1v) is 10.4. The molecule has 0 fully saturated rings. The van der Waals surface area contributed by atoms with Gasteiger partial charge >= 0.3 is 5.97 Å². The number of anilines is 1. The number of methoxy groups -OCH3 is 1. The summed E-state index contributed by atoms with van der Waals surface area (Å²) in [6.45, 7) is 3.86. The van der Waals surface area contributed by atoms with Gasteiger partial charge in [0.2, 0.25) is 0 Å². The lowest BCUT2D eigenvalue weighted by molar-refractivity contribution is 0.0600. The summed E-state index contributed by atoms with van der Waals surface area (Å²) in [5, 5.41) is 4.99. The van der Waals surface area contributed by atoms with Crippen molar-refractivity contribution in [2.24, 2.45) is 0 Å². The summed E-state index contributed by atoms with van der Waals surface area (Å²) >= 11 is 0. The first kappa shape index (κ1) is 20.1. The van der Waals surface area contributed by atoms with Crippen LogP contribution in [0.5, 0.6) is 0 Å². The van der Waals surface area contributed by atoms with E-state index in [1.165, 1.54) is 19.2 Å². The van der Waals surface area contributed by atoms with Crippen LogP contribution in [0.4, 0.5) is 14.5 Å². The van der Waals surface area contributed by atoms with Crippen molar-refractivity contribution in [3.05, 3.63) is 70.1 Å². The van der Waals surface area contributed by atoms with Crippen LogP contribution in [0.2, 0.25) is 0 Å². The number of carbonyl (C=O) groups excluding carboxylic acids is 2. The Hall–Kier alpha value is -2.67. The molecule has 7 heteroatoms. The highest BCUT2D eigenvalue weighted by Gasteiger charge is 2.26. The summed E-state index contributed by atoms with van der Waals surface area (Å²) in [6, 6.07) is 6.06. The minimum Gasteiger partial charge on any atom is -0.465 e. The highest BCUT2D eigenvalue weighted by molar-refractivity contribution is 8.19. The smallest absolute Gasteiger partial charge is 0.337 e. The van der Waals surface area contributed by atoms with Crippen molar-refractivity contribution >= 4 is 28.3 Å². The molecule has 1 aliphatic heterocycles. The molecule has 2 aromatic carbocycles. The van der Waals surface area contributed by atoms with Crippen LogP contribution in [-0.2, 0) is 4.74 Å². The normalized spacial score (nSPS) is 17.8. The molecule has 0 aromatic heterocycles. The number of thiol groups is 1. The molecule has 1 N–H and O–H groups in total. The number of nitrogens with one attached hydrogen (secondary N) is 1. The standard InChI is InChI=1S/C21H21F2NO3S/c1-4-28-6-5-19(25)18-8-13(21(26)27-3)7-17(20(18)28)12(2)24-16-10-14(22)9-15(23)11-16/h5-12,24,28H,4H2,1-3H3. The van der Waals surface area contributed by atoms with Crippen molar-refractivity contribution in [3.63, 3.8) is 0 Å². The van der Waals surface area contributed by atoms with Gasteiger partial charge in [0, 0.05) is 28.3 Å². The van der Waals surface area contributed by atoms with E-state index in [0.717, 1.165) is 22.3 Å². The number of halogens is 2. The van der Waals surface area contributed by atoms with Gasteiger partial charge in [-0.2, -0.15) is 0 Å². The molecular weight excluding hydrogens is 384 g/mol. The number of ether oxygens (including phenoxy) is 1. The molecule has 148 valence electrons. The zero-order valence-corrected chi connectivity index (χ0v) is 16.6. The molecule has 0 aliphatic carbocycles. The molecule has 4 nitrogen and oxygen atoms in total. The van der Waals surface area contributed by atoms with Gasteiger partial charge in [-0.05, 0) is 54.0 Å². The molecule has 28 heavy (non-hydrogen) atoms. The van der Waals surface area contributed by atoms with Crippen molar-refractivity contribution in [1.29, 1.82) is 0 Å². The van der Waals surface area contributed by atoms with E-state index in [1.807, 2.05) is 19.3 Å². The summed E-state index contributed by atoms with van der Waals surface area (Å²) in [7, 11) is 0.547. The van der Waals surface area contributed by atoms with Crippen LogP contribution in [0.25, 0.3) is 0 Å². The Balaban J connectivity index is 2.11. The van der Waals surface area contributed by atoms with E-state index >= 15 is 0 Å². The summed E-state index contributed by atoms with van der Waals surface area (Å²) < 4.78 is 31.9. The third kappa shape index (κ3) is 3.94. The van der Waals surface area contributed by atoms with Gasteiger partial charge in [0.25, 0.3) is 0 Å². The van der Waals surface area contributed by atoms with E-state index in [2.05, 4.69) is 5.32 Å². The summed E-state index contributed by atoms with van der Waals surface area (Å²) in [4.78, 5) is 25.5. The Morgan fingerprint density at radius 3 is 2.46 bits per heavy atom. The zero-order chi connectivity index (χ0) is 20.4. The molecule has 1 heterocycles. The Kier molecular flexibility index (Phi) is 5.84. The Bertz CT molecular complexity index is 954. The summed E-state index contributed by atoms with van der Waals surface area (Å²) in [6.07, 6.45) is 1.54. The average Bonchev–Trinajstić information content (AvgIpc) is 2.66. The fourth-order valence-corrected chi connectivity index (χ4v) is 5.35.